The predicted molar refractivity (Wildman–Crippen MR) is 136 cm³/mol. The summed E-state index contributed by atoms with van der Waals surface area (Å²) in [6, 6.07) is 12.2. The van der Waals surface area contributed by atoms with Crippen LogP contribution in [0, 0.1) is 0 Å². The van der Waals surface area contributed by atoms with Gasteiger partial charge in [-0.25, -0.2) is 0 Å². The van der Waals surface area contributed by atoms with E-state index in [0.717, 1.165) is 37.6 Å². The van der Waals surface area contributed by atoms with Gasteiger partial charge in [0, 0.05) is 56.7 Å². The third-order valence-corrected chi connectivity index (χ3v) is 6.85. The number of hydrogen-bond donors (Lipinski definition) is 2. The monoisotopic (exact) mass is 509 g/mol. The number of carbonyl (C=O) groups excluding carboxylic acids is 3. The smallest absolute Gasteiger partial charge is 0.243 e. The summed E-state index contributed by atoms with van der Waals surface area (Å²) < 4.78 is 15.9. The van der Waals surface area contributed by atoms with E-state index in [-0.39, 0.29) is 37.5 Å². The Kier molecular flexibility index (Phi) is 7.31. The van der Waals surface area contributed by atoms with Gasteiger partial charge in [-0.1, -0.05) is 0 Å². The van der Waals surface area contributed by atoms with Crippen LogP contribution in [0.1, 0.15) is 6.42 Å². The van der Waals surface area contributed by atoms with Crippen LogP contribution < -0.4 is 29.7 Å². The molecule has 0 radical (unpaired) electrons. The molecule has 2 aromatic rings. The first-order valence-electron chi connectivity index (χ1n) is 12.4. The molecule has 3 aliphatic rings. The van der Waals surface area contributed by atoms with Crippen molar-refractivity contribution in [2.45, 2.75) is 12.5 Å². The van der Waals surface area contributed by atoms with E-state index in [2.05, 4.69) is 20.4 Å². The summed E-state index contributed by atoms with van der Waals surface area (Å²) in [5.41, 5.74) is 1.66. The first kappa shape index (κ1) is 24.7. The Morgan fingerprint density at radius 3 is 2.54 bits per heavy atom. The molecule has 3 heterocycles. The summed E-state index contributed by atoms with van der Waals surface area (Å²) in [6.07, 6.45) is -0.128. The van der Waals surface area contributed by atoms with Gasteiger partial charge in [-0.15, -0.1) is 0 Å². The lowest BCUT2D eigenvalue weighted by molar-refractivity contribution is -0.145. The molecule has 0 bridgehead atoms. The number of anilines is 2. The van der Waals surface area contributed by atoms with E-state index >= 15 is 0 Å². The Hall–Kier alpha value is -3.99. The molecule has 0 saturated carbocycles. The van der Waals surface area contributed by atoms with Crippen molar-refractivity contribution in [3.8, 4) is 17.2 Å². The van der Waals surface area contributed by atoms with Crippen molar-refractivity contribution in [1.29, 1.82) is 0 Å². The fourth-order valence-electron chi connectivity index (χ4n) is 4.82. The molecular formula is C26H31N5O6. The summed E-state index contributed by atoms with van der Waals surface area (Å²) in [4.78, 5) is 44.5. The minimum absolute atomic E-state index is 0.128. The van der Waals surface area contributed by atoms with Gasteiger partial charge < -0.3 is 34.6 Å². The minimum atomic E-state index is -0.851. The summed E-state index contributed by atoms with van der Waals surface area (Å²) in [6.45, 7) is 4.14. The summed E-state index contributed by atoms with van der Waals surface area (Å²) in [5, 5.41) is 5.57. The van der Waals surface area contributed by atoms with Gasteiger partial charge in [0.05, 0.1) is 20.1 Å². The maximum absolute atomic E-state index is 13.2. The fraction of sp³-hybridized carbons (Fsp3) is 0.423. The van der Waals surface area contributed by atoms with Crippen LogP contribution in [-0.2, 0) is 14.4 Å². The molecule has 11 nitrogen and oxygen atoms in total. The van der Waals surface area contributed by atoms with Crippen LogP contribution >= 0.6 is 0 Å². The van der Waals surface area contributed by atoms with Crippen LogP contribution in [0.4, 0.5) is 11.4 Å². The second-order valence-electron chi connectivity index (χ2n) is 9.18. The molecule has 3 amide bonds. The van der Waals surface area contributed by atoms with Gasteiger partial charge in [0.15, 0.2) is 11.5 Å². The molecule has 196 valence electrons. The van der Waals surface area contributed by atoms with E-state index in [1.165, 1.54) is 4.90 Å². The number of nitrogens with one attached hydrogen (secondary N) is 2. The highest BCUT2D eigenvalue weighted by Gasteiger charge is 2.35. The highest BCUT2D eigenvalue weighted by molar-refractivity contribution is 5.97. The van der Waals surface area contributed by atoms with Crippen LogP contribution in [0.15, 0.2) is 42.5 Å². The molecule has 2 saturated heterocycles. The van der Waals surface area contributed by atoms with E-state index in [9.17, 15) is 14.4 Å². The Bertz CT molecular complexity index is 1150. The quantitative estimate of drug-likeness (QED) is 0.566. The van der Waals surface area contributed by atoms with Gasteiger partial charge in [-0.2, -0.15) is 0 Å². The van der Waals surface area contributed by atoms with Crippen molar-refractivity contribution < 1.29 is 28.6 Å². The van der Waals surface area contributed by atoms with Gasteiger partial charge >= 0.3 is 0 Å². The van der Waals surface area contributed by atoms with Crippen LogP contribution in [0.5, 0.6) is 17.2 Å². The first-order valence-corrected chi connectivity index (χ1v) is 12.4. The van der Waals surface area contributed by atoms with E-state index < -0.39 is 6.04 Å². The third kappa shape index (κ3) is 5.72. The Morgan fingerprint density at radius 1 is 1.03 bits per heavy atom. The molecule has 2 N–H and O–H groups in total. The maximum Gasteiger partial charge on any atom is 0.243 e. The number of methoxy groups -OCH3 is 1. The number of rotatable bonds is 7. The molecule has 11 heteroatoms. The normalized spacial score (nSPS) is 19.4. The average molecular weight is 510 g/mol. The fourth-order valence-corrected chi connectivity index (χ4v) is 4.82. The van der Waals surface area contributed by atoms with Crippen molar-refractivity contribution in [3.05, 3.63) is 42.5 Å². The van der Waals surface area contributed by atoms with E-state index in [4.69, 9.17) is 14.2 Å². The Balaban J connectivity index is 1.15. The number of hydrogen-bond acceptors (Lipinski definition) is 8. The van der Waals surface area contributed by atoms with Crippen molar-refractivity contribution in [3.63, 3.8) is 0 Å². The van der Waals surface area contributed by atoms with Crippen molar-refractivity contribution in [1.82, 2.24) is 15.1 Å². The number of benzene rings is 2. The highest BCUT2D eigenvalue weighted by Crippen LogP contribution is 2.34. The van der Waals surface area contributed by atoms with Crippen LogP contribution in [-0.4, -0.2) is 93.3 Å². The molecule has 5 rings (SSSR count). The van der Waals surface area contributed by atoms with E-state index in [0.29, 0.717) is 30.3 Å². The predicted octanol–water partition coefficient (Wildman–Crippen LogP) is 0.902. The lowest BCUT2D eigenvalue weighted by Gasteiger charge is -2.39. The molecule has 1 unspecified atom stereocenters. The molecule has 3 aliphatic heterocycles. The average Bonchev–Trinajstić information content (AvgIpc) is 3.38. The number of piperazine rings is 2. The summed E-state index contributed by atoms with van der Waals surface area (Å²) >= 11 is 0. The number of nitrogens with zero attached hydrogens (tertiary/aromatic N) is 3. The maximum atomic E-state index is 13.2. The molecule has 1 atom stereocenters. The SMILES string of the molecule is COc1ccc(N2CCN(CC(=O)N3CCNC(=O)C3CC(=O)Nc3ccc4c(c3)OCO4)CC2)cc1. The second kappa shape index (κ2) is 11.0. The number of carbonyl (C=O) groups is 3. The number of ether oxygens (including phenoxy) is 3. The van der Waals surface area contributed by atoms with E-state index in [1.807, 2.05) is 24.3 Å². The van der Waals surface area contributed by atoms with Crippen LogP contribution in [0.25, 0.3) is 0 Å². The molecule has 0 spiro atoms. The summed E-state index contributed by atoms with van der Waals surface area (Å²) in [5.74, 6) is 1.17. The van der Waals surface area contributed by atoms with Gasteiger partial charge in [0.1, 0.15) is 11.8 Å². The molecule has 2 fully saturated rings. The first-order chi connectivity index (χ1) is 18.0. The Labute approximate surface area is 215 Å². The summed E-state index contributed by atoms with van der Waals surface area (Å²) in [7, 11) is 1.65. The largest absolute Gasteiger partial charge is 0.497 e. The molecule has 2 aromatic carbocycles. The number of fused-ring (bicyclic) bond motifs is 1. The third-order valence-electron chi connectivity index (χ3n) is 6.85. The van der Waals surface area contributed by atoms with Crippen molar-refractivity contribution >= 4 is 29.1 Å². The van der Waals surface area contributed by atoms with Gasteiger partial charge in [0.25, 0.3) is 0 Å². The molecule has 0 aromatic heterocycles. The topological polar surface area (TPSA) is 113 Å². The second-order valence-corrected chi connectivity index (χ2v) is 9.18. The van der Waals surface area contributed by atoms with Gasteiger partial charge in [0.2, 0.25) is 24.5 Å². The standard InChI is InChI=1S/C26H31N5O6/c1-35-20-5-3-19(4-6-20)30-12-10-29(11-13-30)16-25(33)31-9-8-27-26(34)21(31)15-24(32)28-18-2-7-22-23(14-18)37-17-36-22/h2-7,14,21H,8-13,15-17H2,1H3,(H,27,34)(H,28,32). The zero-order valence-corrected chi connectivity index (χ0v) is 20.8. The zero-order valence-electron chi connectivity index (χ0n) is 20.8. The molecule has 0 aliphatic carbocycles. The minimum Gasteiger partial charge on any atom is -0.497 e. The van der Waals surface area contributed by atoms with E-state index in [1.54, 1.807) is 25.3 Å². The van der Waals surface area contributed by atoms with Crippen molar-refractivity contribution in [2.75, 3.05) is 69.9 Å². The number of amides is 3. The molecule has 37 heavy (non-hydrogen) atoms. The van der Waals surface area contributed by atoms with Gasteiger partial charge in [-0.3, -0.25) is 19.3 Å². The van der Waals surface area contributed by atoms with Gasteiger partial charge in [-0.05, 0) is 36.4 Å². The molecular weight excluding hydrogens is 478 g/mol. The lowest BCUT2D eigenvalue weighted by Crippen LogP contribution is -2.60. The van der Waals surface area contributed by atoms with Crippen LogP contribution in [0.3, 0.4) is 0 Å². The zero-order chi connectivity index (χ0) is 25.8. The lowest BCUT2D eigenvalue weighted by atomic mass is 10.1. The van der Waals surface area contributed by atoms with Crippen molar-refractivity contribution in [2.24, 2.45) is 0 Å². The Morgan fingerprint density at radius 2 is 1.78 bits per heavy atom. The highest BCUT2D eigenvalue weighted by atomic mass is 16.7. The van der Waals surface area contributed by atoms with Crippen LogP contribution in [0.2, 0.25) is 0 Å².